The topological polar surface area (TPSA) is 29.5 Å². The summed E-state index contributed by atoms with van der Waals surface area (Å²) in [6, 6.07) is 14.0. The predicted octanol–water partition coefficient (Wildman–Crippen LogP) is 3.59. The van der Waals surface area contributed by atoms with Gasteiger partial charge in [-0.15, -0.1) is 0 Å². The van der Waals surface area contributed by atoms with Crippen molar-refractivity contribution in [3.63, 3.8) is 0 Å². The van der Waals surface area contributed by atoms with Crippen LogP contribution in [0, 0.1) is 13.8 Å². The Morgan fingerprint density at radius 3 is 2.53 bits per heavy atom. The van der Waals surface area contributed by atoms with Gasteiger partial charge in [-0.2, -0.15) is 0 Å². The van der Waals surface area contributed by atoms with E-state index in [0.717, 1.165) is 22.4 Å². The SMILES string of the molecule is COc1ccccc1CC(O)c1ccc(C)cc1C. The molecule has 2 aromatic carbocycles. The Morgan fingerprint density at radius 2 is 1.84 bits per heavy atom. The summed E-state index contributed by atoms with van der Waals surface area (Å²) < 4.78 is 5.32. The highest BCUT2D eigenvalue weighted by molar-refractivity contribution is 5.37. The van der Waals surface area contributed by atoms with Crippen LogP contribution in [0.15, 0.2) is 42.5 Å². The first-order valence-electron chi connectivity index (χ1n) is 6.49. The van der Waals surface area contributed by atoms with Crippen LogP contribution in [0.5, 0.6) is 5.75 Å². The summed E-state index contributed by atoms with van der Waals surface area (Å²) in [5, 5.41) is 10.4. The first-order valence-corrected chi connectivity index (χ1v) is 6.49. The van der Waals surface area contributed by atoms with Gasteiger partial charge in [-0.05, 0) is 36.6 Å². The molecule has 0 fully saturated rings. The Hall–Kier alpha value is -1.80. The third-order valence-electron chi connectivity index (χ3n) is 3.39. The van der Waals surface area contributed by atoms with Crippen LogP contribution in [0.2, 0.25) is 0 Å². The number of hydrogen-bond acceptors (Lipinski definition) is 2. The zero-order valence-corrected chi connectivity index (χ0v) is 11.7. The van der Waals surface area contributed by atoms with E-state index in [1.165, 1.54) is 5.56 Å². The van der Waals surface area contributed by atoms with Crippen LogP contribution in [0.4, 0.5) is 0 Å². The number of ether oxygens (including phenoxy) is 1. The van der Waals surface area contributed by atoms with E-state index >= 15 is 0 Å². The molecule has 0 radical (unpaired) electrons. The molecule has 0 bridgehead atoms. The van der Waals surface area contributed by atoms with Gasteiger partial charge in [-0.25, -0.2) is 0 Å². The van der Waals surface area contributed by atoms with Gasteiger partial charge in [-0.1, -0.05) is 42.0 Å². The number of methoxy groups -OCH3 is 1. The summed E-state index contributed by atoms with van der Waals surface area (Å²) in [6.07, 6.45) is 0.0605. The lowest BCUT2D eigenvalue weighted by Crippen LogP contribution is -2.05. The Morgan fingerprint density at radius 1 is 1.11 bits per heavy atom. The lowest BCUT2D eigenvalue weighted by Gasteiger charge is -2.16. The van der Waals surface area contributed by atoms with Crippen LogP contribution in [-0.2, 0) is 6.42 Å². The summed E-state index contributed by atoms with van der Waals surface area (Å²) in [4.78, 5) is 0. The molecular formula is C17H20O2. The molecule has 2 aromatic rings. The second-order valence-corrected chi connectivity index (χ2v) is 4.89. The lowest BCUT2D eigenvalue weighted by molar-refractivity contribution is 0.176. The van der Waals surface area contributed by atoms with Gasteiger partial charge >= 0.3 is 0 Å². The molecular weight excluding hydrogens is 236 g/mol. The predicted molar refractivity (Wildman–Crippen MR) is 77.6 cm³/mol. The molecule has 2 nitrogen and oxygen atoms in total. The van der Waals surface area contributed by atoms with Crippen LogP contribution >= 0.6 is 0 Å². The average Bonchev–Trinajstić information content (AvgIpc) is 2.39. The molecule has 0 heterocycles. The fourth-order valence-electron chi connectivity index (χ4n) is 2.39. The van der Waals surface area contributed by atoms with E-state index in [1.54, 1.807) is 7.11 Å². The van der Waals surface area contributed by atoms with Gasteiger partial charge in [0, 0.05) is 6.42 Å². The molecule has 1 N–H and O–H groups in total. The molecule has 1 unspecified atom stereocenters. The summed E-state index contributed by atoms with van der Waals surface area (Å²) in [7, 11) is 1.66. The van der Waals surface area contributed by atoms with Crippen LogP contribution < -0.4 is 4.74 Å². The van der Waals surface area contributed by atoms with Gasteiger partial charge in [0.2, 0.25) is 0 Å². The Bertz CT molecular complexity index is 561. The maximum Gasteiger partial charge on any atom is 0.122 e. The second kappa shape index (κ2) is 5.89. The highest BCUT2D eigenvalue weighted by Gasteiger charge is 2.13. The number of rotatable bonds is 4. The normalized spacial score (nSPS) is 12.2. The molecule has 0 aliphatic carbocycles. The molecule has 19 heavy (non-hydrogen) atoms. The van der Waals surface area contributed by atoms with E-state index in [2.05, 4.69) is 13.0 Å². The van der Waals surface area contributed by atoms with E-state index in [0.29, 0.717) is 6.42 Å². The van der Waals surface area contributed by atoms with Crippen molar-refractivity contribution in [3.05, 3.63) is 64.7 Å². The highest BCUT2D eigenvalue weighted by Crippen LogP contribution is 2.26. The number of aryl methyl sites for hydroxylation is 2. The molecule has 0 spiro atoms. The van der Waals surface area contributed by atoms with Crippen LogP contribution in [-0.4, -0.2) is 12.2 Å². The van der Waals surface area contributed by atoms with Crippen LogP contribution in [0.1, 0.15) is 28.4 Å². The first-order chi connectivity index (χ1) is 9.11. The molecule has 100 valence electrons. The number of aliphatic hydroxyl groups excluding tert-OH is 1. The van der Waals surface area contributed by atoms with E-state index in [9.17, 15) is 5.11 Å². The summed E-state index contributed by atoms with van der Waals surface area (Å²) in [5.41, 5.74) is 4.35. The minimum absolute atomic E-state index is 0.503. The second-order valence-electron chi connectivity index (χ2n) is 4.89. The molecule has 0 aliphatic rings. The first kappa shape index (κ1) is 13.6. The summed E-state index contributed by atoms with van der Waals surface area (Å²) >= 11 is 0. The number of hydrogen-bond donors (Lipinski definition) is 1. The van der Waals surface area contributed by atoms with E-state index in [-0.39, 0.29) is 0 Å². The minimum Gasteiger partial charge on any atom is -0.496 e. The van der Waals surface area contributed by atoms with Gasteiger partial charge < -0.3 is 9.84 Å². The van der Waals surface area contributed by atoms with Gasteiger partial charge in [-0.3, -0.25) is 0 Å². The largest absolute Gasteiger partial charge is 0.496 e. The van der Waals surface area contributed by atoms with E-state index < -0.39 is 6.10 Å². The maximum absolute atomic E-state index is 10.4. The van der Waals surface area contributed by atoms with Crippen molar-refractivity contribution in [2.24, 2.45) is 0 Å². The third-order valence-corrected chi connectivity index (χ3v) is 3.39. The van der Waals surface area contributed by atoms with Gasteiger partial charge in [0.05, 0.1) is 13.2 Å². The summed E-state index contributed by atoms with van der Waals surface area (Å²) in [5.74, 6) is 0.825. The molecule has 1 atom stereocenters. The molecule has 0 aliphatic heterocycles. The molecule has 0 saturated heterocycles. The van der Waals surface area contributed by atoms with Crippen molar-refractivity contribution < 1.29 is 9.84 Å². The zero-order valence-electron chi connectivity index (χ0n) is 11.7. The summed E-state index contributed by atoms with van der Waals surface area (Å²) in [6.45, 7) is 4.09. The fourth-order valence-corrected chi connectivity index (χ4v) is 2.39. The van der Waals surface area contributed by atoms with Crippen LogP contribution in [0.3, 0.4) is 0 Å². The van der Waals surface area contributed by atoms with Crippen molar-refractivity contribution in [3.8, 4) is 5.75 Å². The van der Waals surface area contributed by atoms with Crippen molar-refractivity contribution >= 4 is 0 Å². The zero-order chi connectivity index (χ0) is 13.8. The monoisotopic (exact) mass is 256 g/mol. The molecule has 0 saturated carbocycles. The highest BCUT2D eigenvalue weighted by atomic mass is 16.5. The Balaban J connectivity index is 2.23. The maximum atomic E-state index is 10.4. The van der Waals surface area contributed by atoms with Crippen molar-refractivity contribution in [2.45, 2.75) is 26.4 Å². The Kier molecular flexibility index (Phi) is 4.23. The number of aliphatic hydroxyl groups is 1. The van der Waals surface area contributed by atoms with Crippen molar-refractivity contribution in [2.75, 3.05) is 7.11 Å². The lowest BCUT2D eigenvalue weighted by atomic mass is 9.96. The van der Waals surface area contributed by atoms with E-state index in [1.807, 2.05) is 43.3 Å². The van der Waals surface area contributed by atoms with Crippen molar-refractivity contribution in [1.29, 1.82) is 0 Å². The number of benzene rings is 2. The van der Waals surface area contributed by atoms with Gasteiger partial charge in [0.15, 0.2) is 0 Å². The Labute approximate surface area is 114 Å². The standard InChI is InChI=1S/C17H20O2/c1-12-8-9-15(13(2)10-12)16(18)11-14-6-4-5-7-17(14)19-3/h4-10,16,18H,11H2,1-3H3. The number of para-hydroxylation sites is 1. The third kappa shape index (κ3) is 3.15. The van der Waals surface area contributed by atoms with Crippen LogP contribution in [0.25, 0.3) is 0 Å². The smallest absolute Gasteiger partial charge is 0.122 e. The molecule has 0 aromatic heterocycles. The minimum atomic E-state index is -0.503. The van der Waals surface area contributed by atoms with Gasteiger partial charge in [0.1, 0.15) is 5.75 Å². The van der Waals surface area contributed by atoms with E-state index in [4.69, 9.17) is 4.74 Å². The molecule has 2 rings (SSSR count). The van der Waals surface area contributed by atoms with Gasteiger partial charge in [0.25, 0.3) is 0 Å². The molecule has 0 amide bonds. The quantitative estimate of drug-likeness (QED) is 0.906. The fraction of sp³-hybridized carbons (Fsp3) is 0.294. The van der Waals surface area contributed by atoms with Crippen molar-refractivity contribution in [1.82, 2.24) is 0 Å². The molecule has 2 heteroatoms. The average molecular weight is 256 g/mol.